The van der Waals surface area contributed by atoms with Crippen molar-refractivity contribution >= 4 is 0 Å². The minimum absolute atomic E-state index is 0.344. The third-order valence-corrected chi connectivity index (χ3v) is 24.1. The summed E-state index contributed by atoms with van der Waals surface area (Å²) in [6, 6.07) is 0. The fourth-order valence-electron chi connectivity index (χ4n) is 23.3. The van der Waals surface area contributed by atoms with Crippen molar-refractivity contribution in [2.75, 3.05) is 0 Å². The molecule has 4 spiro atoms. The maximum Gasteiger partial charge on any atom is -0.00916 e. The molecule has 9 fully saturated rings. The molecule has 0 amide bonds. The van der Waals surface area contributed by atoms with E-state index in [1.54, 1.807) is 19.3 Å². The van der Waals surface area contributed by atoms with Crippen molar-refractivity contribution in [3.05, 3.63) is 0 Å². The fourth-order valence-corrected chi connectivity index (χ4v) is 23.3. The van der Waals surface area contributed by atoms with Crippen molar-refractivity contribution in [1.82, 2.24) is 0 Å². The van der Waals surface area contributed by atoms with E-state index in [2.05, 4.69) is 111 Å². The van der Waals surface area contributed by atoms with E-state index in [0.29, 0.717) is 70.4 Å². The summed E-state index contributed by atoms with van der Waals surface area (Å²) in [4.78, 5) is 0. The number of rotatable bonds is 3. The predicted octanol–water partition coefficient (Wildman–Crippen LogP) is 11.3. The summed E-state index contributed by atoms with van der Waals surface area (Å²) >= 11 is 0. The van der Waals surface area contributed by atoms with Gasteiger partial charge in [0.1, 0.15) is 0 Å². The topological polar surface area (TPSA) is 0 Å². The van der Waals surface area contributed by atoms with Crippen molar-refractivity contribution in [2.24, 2.45) is 106 Å². The van der Waals surface area contributed by atoms with Gasteiger partial charge in [0.05, 0.1) is 0 Å². The van der Waals surface area contributed by atoms with Crippen LogP contribution in [-0.4, -0.2) is 0 Å². The second-order valence-corrected chi connectivity index (χ2v) is 21.6. The maximum atomic E-state index is 3.07. The second-order valence-electron chi connectivity index (χ2n) is 21.6. The van der Waals surface area contributed by atoms with Crippen LogP contribution in [0.1, 0.15) is 149 Å². The van der Waals surface area contributed by atoms with Crippen LogP contribution in [0.5, 0.6) is 0 Å². The Bertz CT molecular complexity index is 1350. The molecule has 7 bridgehead atoms. The maximum absolute atomic E-state index is 3.07. The van der Waals surface area contributed by atoms with E-state index < -0.39 is 0 Å². The SMILES string of the molecule is CCC12C(C)(C(C)C)C3(C)CC14C(C)(C3(C)C)C1(C)C3(C)C(C)C5CC36CC14C2(C)C61CC5C(C)CC1(C)C(C)C. The van der Waals surface area contributed by atoms with Gasteiger partial charge in [-0.15, -0.1) is 0 Å². The molecule has 0 nitrogen and oxygen atoms in total. The van der Waals surface area contributed by atoms with Crippen molar-refractivity contribution in [1.29, 1.82) is 0 Å². The van der Waals surface area contributed by atoms with E-state index in [1.165, 1.54) is 19.3 Å². The molecule has 0 aromatic rings. The Morgan fingerprint density at radius 3 is 1.78 bits per heavy atom. The van der Waals surface area contributed by atoms with Gasteiger partial charge in [-0.25, -0.2) is 0 Å². The Labute approximate surface area is 254 Å². The van der Waals surface area contributed by atoms with Gasteiger partial charge < -0.3 is 0 Å². The summed E-state index contributed by atoms with van der Waals surface area (Å²) in [6.07, 6.45) is 9.19. The van der Waals surface area contributed by atoms with Crippen LogP contribution in [0, 0.1) is 106 Å². The van der Waals surface area contributed by atoms with E-state index in [0.717, 1.165) is 35.5 Å². The lowest BCUT2D eigenvalue weighted by Gasteiger charge is -3.05. The Hall–Kier alpha value is 0. The third kappa shape index (κ3) is 1.39. The van der Waals surface area contributed by atoms with E-state index in [9.17, 15) is 0 Å². The first-order valence-corrected chi connectivity index (χ1v) is 18.6. The van der Waals surface area contributed by atoms with Gasteiger partial charge >= 0.3 is 0 Å². The molecule has 0 aromatic carbocycles. The smallest absolute Gasteiger partial charge is 0.00916 e. The van der Waals surface area contributed by atoms with Gasteiger partial charge in [-0.2, -0.15) is 0 Å². The standard InChI is InChI=1S/C41H66/c1-17-38-32(12,24(4)5)31(11)21-41(38)34(14,29(31,8)9)35(15)33(13)26(7)28-19-37(33)22-40(35,41)36(38,16)39(37)20-27(28)25(6)18-30(39,10)23(2)3/h23-28H,17-22H2,1-16H3. The van der Waals surface area contributed by atoms with Crippen molar-refractivity contribution in [3.8, 4) is 0 Å². The Kier molecular flexibility index (Phi) is 3.90. The largest absolute Gasteiger partial charge is 0.0648 e. The highest BCUT2D eigenvalue weighted by Crippen LogP contribution is 3.24. The molecule has 9 saturated carbocycles. The molecule has 16 atom stereocenters. The summed E-state index contributed by atoms with van der Waals surface area (Å²) in [7, 11) is 0. The monoisotopic (exact) mass is 559 g/mol. The van der Waals surface area contributed by atoms with Gasteiger partial charge in [-0.1, -0.05) is 111 Å². The Balaban J connectivity index is 1.53. The number of hydrogen-bond acceptors (Lipinski definition) is 0. The minimum Gasteiger partial charge on any atom is -0.0648 e. The molecule has 0 aliphatic heterocycles. The molecule has 41 heavy (non-hydrogen) atoms. The van der Waals surface area contributed by atoms with E-state index >= 15 is 0 Å². The van der Waals surface area contributed by atoms with Crippen molar-refractivity contribution in [3.63, 3.8) is 0 Å². The molecule has 16 unspecified atom stereocenters. The molecule has 0 heteroatoms. The van der Waals surface area contributed by atoms with Gasteiger partial charge in [0, 0.05) is 0 Å². The van der Waals surface area contributed by atoms with Gasteiger partial charge in [0.2, 0.25) is 0 Å². The van der Waals surface area contributed by atoms with Gasteiger partial charge in [0.25, 0.3) is 0 Å². The van der Waals surface area contributed by atoms with Crippen LogP contribution >= 0.6 is 0 Å². The zero-order chi connectivity index (χ0) is 30.2. The van der Waals surface area contributed by atoms with E-state index in [4.69, 9.17) is 0 Å². The van der Waals surface area contributed by atoms with Crippen LogP contribution in [0.2, 0.25) is 0 Å². The first-order valence-electron chi connectivity index (χ1n) is 18.6. The fraction of sp³-hybridized carbons (Fsp3) is 1.00. The van der Waals surface area contributed by atoms with E-state index in [-0.39, 0.29) is 0 Å². The van der Waals surface area contributed by atoms with Gasteiger partial charge in [-0.3, -0.25) is 0 Å². The van der Waals surface area contributed by atoms with Crippen LogP contribution < -0.4 is 0 Å². The average molecular weight is 559 g/mol. The average Bonchev–Trinajstić information content (AvgIpc) is 3.43. The molecule has 0 aromatic heterocycles. The van der Waals surface area contributed by atoms with Crippen molar-refractivity contribution in [2.45, 2.75) is 149 Å². The molecule has 0 N–H and O–H groups in total. The lowest BCUT2D eigenvalue weighted by Crippen LogP contribution is -3.02. The molecule has 9 rings (SSSR count). The van der Waals surface area contributed by atoms with Crippen LogP contribution in [-0.2, 0) is 0 Å². The Morgan fingerprint density at radius 1 is 0.634 bits per heavy atom. The molecular formula is C41H66. The highest BCUT2D eigenvalue weighted by molar-refractivity contribution is 5.66. The first-order chi connectivity index (χ1) is 18.6. The summed E-state index contributed by atoms with van der Waals surface area (Å²) < 4.78 is 0. The molecule has 0 radical (unpaired) electrons. The normalized spacial score (nSPS) is 74.8. The van der Waals surface area contributed by atoms with Crippen molar-refractivity contribution < 1.29 is 0 Å². The molecular weight excluding hydrogens is 492 g/mol. The van der Waals surface area contributed by atoms with Gasteiger partial charge in [-0.05, 0) is 144 Å². The highest BCUT2D eigenvalue weighted by atomic mass is 15.2. The quantitative estimate of drug-likeness (QED) is 0.323. The molecule has 0 saturated heterocycles. The minimum atomic E-state index is 0.344. The second kappa shape index (κ2) is 5.85. The van der Waals surface area contributed by atoms with Crippen LogP contribution in [0.3, 0.4) is 0 Å². The Morgan fingerprint density at radius 2 is 1.24 bits per heavy atom. The van der Waals surface area contributed by atoms with Crippen LogP contribution in [0.15, 0.2) is 0 Å². The van der Waals surface area contributed by atoms with Crippen LogP contribution in [0.4, 0.5) is 0 Å². The number of fused-ring (bicyclic) bond motifs is 7. The molecule has 9 aliphatic rings. The third-order valence-electron chi connectivity index (χ3n) is 24.1. The summed E-state index contributed by atoms with van der Waals surface area (Å²) in [5, 5.41) is 0. The zero-order valence-electron chi connectivity index (χ0n) is 30.2. The lowest BCUT2D eigenvalue weighted by atomic mass is 8.98. The zero-order valence-corrected chi connectivity index (χ0v) is 30.2. The molecule has 9 aliphatic carbocycles. The highest BCUT2D eigenvalue weighted by Gasteiger charge is 3.20. The first kappa shape index (κ1) is 27.3. The van der Waals surface area contributed by atoms with Gasteiger partial charge in [0.15, 0.2) is 0 Å². The molecule has 230 valence electrons. The number of hydrogen-bond donors (Lipinski definition) is 0. The summed E-state index contributed by atoms with van der Waals surface area (Å²) in [6.45, 7) is 45.3. The lowest BCUT2D eigenvalue weighted by molar-refractivity contribution is -0.595. The predicted molar refractivity (Wildman–Crippen MR) is 171 cm³/mol. The summed E-state index contributed by atoms with van der Waals surface area (Å²) in [5.74, 6) is 5.12. The summed E-state index contributed by atoms with van der Waals surface area (Å²) in [5.41, 5.74) is 5.65. The van der Waals surface area contributed by atoms with E-state index in [1.807, 2.05) is 0 Å². The van der Waals surface area contributed by atoms with Crippen LogP contribution in [0.25, 0.3) is 0 Å². The molecule has 0 heterocycles.